The van der Waals surface area contributed by atoms with E-state index in [-0.39, 0.29) is 0 Å². The van der Waals surface area contributed by atoms with Crippen molar-refractivity contribution in [2.45, 2.75) is 65.5 Å². The predicted molar refractivity (Wildman–Crippen MR) is 83.5 cm³/mol. The highest BCUT2D eigenvalue weighted by Crippen LogP contribution is 2.31. The zero-order chi connectivity index (χ0) is 14.0. The summed E-state index contributed by atoms with van der Waals surface area (Å²) in [6.07, 6.45) is 5.67. The Hall–Kier alpha value is -0.486. The first kappa shape index (κ1) is 15.6. The summed E-state index contributed by atoms with van der Waals surface area (Å²) >= 11 is 0. The van der Waals surface area contributed by atoms with Crippen LogP contribution in [0, 0.1) is 0 Å². The maximum absolute atomic E-state index is 6.20. The molecule has 1 rings (SSSR count). The Morgan fingerprint density at radius 2 is 1.67 bits per heavy atom. The molecule has 0 saturated carbocycles. The number of rotatable bonds is 4. The van der Waals surface area contributed by atoms with Crippen molar-refractivity contribution in [3.05, 3.63) is 23.2 Å². The molecule has 0 saturated heterocycles. The molecular formula is C14H28O2Si2. The zero-order valence-corrected chi connectivity index (χ0v) is 15.0. The third-order valence-corrected chi connectivity index (χ3v) is 4.31. The Kier molecular flexibility index (Phi) is 4.89. The first-order valence-electron chi connectivity index (χ1n) is 6.87. The van der Waals surface area contributed by atoms with Gasteiger partial charge in [0.05, 0.1) is 5.76 Å². The van der Waals surface area contributed by atoms with Crippen LogP contribution in [-0.2, 0) is 8.85 Å². The molecule has 0 fully saturated rings. The van der Waals surface area contributed by atoms with Crippen molar-refractivity contribution in [1.29, 1.82) is 0 Å². The quantitative estimate of drug-likeness (QED) is 0.532. The second-order valence-electron chi connectivity index (χ2n) is 6.92. The fourth-order valence-corrected chi connectivity index (χ4v) is 3.97. The third-order valence-electron chi connectivity index (χ3n) is 2.56. The molecule has 0 unspecified atom stereocenters. The van der Waals surface area contributed by atoms with E-state index in [0.717, 1.165) is 24.4 Å². The van der Waals surface area contributed by atoms with E-state index < -0.39 is 16.6 Å². The lowest BCUT2D eigenvalue weighted by Crippen LogP contribution is -2.28. The van der Waals surface area contributed by atoms with Gasteiger partial charge in [-0.3, -0.25) is 0 Å². The molecule has 0 aliphatic heterocycles. The minimum absolute atomic E-state index is 1.08. The van der Waals surface area contributed by atoms with Crippen molar-refractivity contribution in [3.63, 3.8) is 0 Å². The largest absolute Gasteiger partial charge is 0.547 e. The van der Waals surface area contributed by atoms with Gasteiger partial charge in [0.15, 0.2) is 0 Å². The molecule has 0 N–H and O–H groups in total. The number of hydrogen-bond donors (Lipinski definition) is 0. The van der Waals surface area contributed by atoms with Crippen molar-refractivity contribution < 1.29 is 8.85 Å². The fourth-order valence-electron chi connectivity index (χ4n) is 2.06. The van der Waals surface area contributed by atoms with Gasteiger partial charge in [-0.25, -0.2) is 0 Å². The van der Waals surface area contributed by atoms with Crippen LogP contribution in [0.25, 0.3) is 0 Å². The average molecular weight is 285 g/mol. The molecule has 0 radical (unpaired) electrons. The van der Waals surface area contributed by atoms with E-state index in [1.165, 1.54) is 12.0 Å². The normalized spacial score (nSPS) is 20.3. The molecule has 1 aliphatic rings. The summed E-state index contributed by atoms with van der Waals surface area (Å²) in [5.74, 6) is 2.18. The number of hydrogen-bond acceptors (Lipinski definition) is 2. The minimum atomic E-state index is -1.54. The molecule has 2 nitrogen and oxygen atoms in total. The van der Waals surface area contributed by atoms with Gasteiger partial charge in [0, 0.05) is 5.57 Å². The first-order chi connectivity index (χ1) is 8.08. The van der Waals surface area contributed by atoms with Gasteiger partial charge in [0.2, 0.25) is 16.6 Å². The van der Waals surface area contributed by atoms with Crippen LogP contribution in [0.15, 0.2) is 23.2 Å². The van der Waals surface area contributed by atoms with Crippen molar-refractivity contribution >= 4 is 16.6 Å². The van der Waals surface area contributed by atoms with E-state index in [0.29, 0.717) is 0 Å². The summed E-state index contributed by atoms with van der Waals surface area (Å²) < 4.78 is 12.3. The van der Waals surface area contributed by atoms with E-state index in [4.69, 9.17) is 8.85 Å². The van der Waals surface area contributed by atoms with Gasteiger partial charge in [-0.05, 0) is 71.5 Å². The molecule has 4 heteroatoms. The summed E-state index contributed by atoms with van der Waals surface area (Å²) in [5.41, 5.74) is 1.30. The highest BCUT2D eigenvalue weighted by Gasteiger charge is 2.25. The Balaban J connectivity index is 2.94. The monoisotopic (exact) mass is 284 g/mol. The second-order valence-corrected chi connectivity index (χ2v) is 15.8. The molecule has 1 aliphatic carbocycles. The summed E-state index contributed by atoms with van der Waals surface area (Å²) in [5, 5.41) is 0. The van der Waals surface area contributed by atoms with Crippen LogP contribution in [0.4, 0.5) is 0 Å². The van der Waals surface area contributed by atoms with Gasteiger partial charge in [0.25, 0.3) is 0 Å². The fraction of sp³-hybridized carbons (Fsp3) is 0.714. The van der Waals surface area contributed by atoms with Gasteiger partial charge in [-0.15, -0.1) is 0 Å². The highest BCUT2D eigenvalue weighted by molar-refractivity contribution is 6.70. The maximum atomic E-state index is 6.20. The molecule has 0 heterocycles. The Morgan fingerprint density at radius 3 is 2.17 bits per heavy atom. The van der Waals surface area contributed by atoms with E-state index in [1.807, 2.05) is 0 Å². The molecule has 0 bridgehead atoms. The topological polar surface area (TPSA) is 18.5 Å². The van der Waals surface area contributed by atoms with E-state index in [9.17, 15) is 0 Å². The molecule has 0 aromatic rings. The lowest BCUT2D eigenvalue weighted by atomic mass is 9.99. The SMILES string of the molecule is C/C(O[Si](C)(C)C)=C1\CCCC=C1O[Si](C)(C)C. The summed E-state index contributed by atoms with van der Waals surface area (Å²) in [7, 11) is -3.06. The predicted octanol–water partition coefficient (Wildman–Crippen LogP) is 5.03. The van der Waals surface area contributed by atoms with Crippen molar-refractivity contribution in [2.75, 3.05) is 0 Å². The average Bonchev–Trinajstić information content (AvgIpc) is 2.12. The molecule has 0 aromatic carbocycles. The minimum Gasteiger partial charge on any atom is -0.547 e. The van der Waals surface area contributed by atoms with Crippen LogP contribution in [-0.4, -0.2) is 16.6 Å². The van der Waals surface area contributed by atoms with E-state index >= 15 is 0 Å². The van der Waals surface area contributed by atoms with Crippen molar-refractivity contribution in [1.82, 2.24) is 0 Å². The van der Waals surface area contributed by atoms with Crippen LogP contribution in [0.5, 0.6) is 0 Å². The van der Waals surface area contributed by atoms with Gasteiger partial charge in [-0.1, -0.05) is 0 Å². The molecule has 18 heavy (non-hydrogen) atoms. The maximum Gasteiger partial charge on any atom is 0.242 e. The lowest BCUT2D eigenvalue weighted by Gasteiger charge is -2.29. The third kappa shape index (κ3) is 5.44. The van der Waals surface area contributed by atoms with Crippen LogP contribution in [0.2, 0.25) is 39.3 Å². The van der Waals surface area contributed by atoms with Gasteiger partial charge >= 0.3 is 0 Å². The Morgan fingerprint density at radius 1 is 1.06 bits per heavy atom. The summed E-state index contributed by atoms with van der Waals surface area (Å²) in [6.45, 7) is 15.5. The summed E-state index contributed by atoms with van der Waals surface area (Å²) in [4.78, 5) is 0. The van der Waals surface area contributed by atoms with E-state index in [1.54, 1.807) is 0 Å². The first-order valence-corrected chi connectivity index (χ1v) is 13.7. The molecule has 0 aromatic heterocycles. The van der Waals surface area contributed by atoms with Gasteiger partial charge in [0.1, 0.15) is 5.76 Å². The number of allylic oxidation sites excluding steroid dienone is 3. The van der Waals surface area contributed by atoms with E-state index in [2.05, 4.69) is 52.3 Å². The van der Waals surface area contributed by atoms with Gasteiger partial charge in [-0.2, -0.15) is 0 Å². The van der Waals surface area contributed by atoms with Crippen LogP contribution < -0.4 is 0 Å². The molecular weight excluding hydrogens is 256 g/mol. The molecule has 104 valence electrons. The smallest absolute Gasteiger partial charge is 0.242 e. The van der Waals surface area contributed by atoms with Gasteiger partial charge < -0.3 is 8.85 Å². The van der Waals surface area contributed by atoms with Crippen LogP contribution in [0.1, 0.15) is 26.2 Å². The van der Waals surface area contributed by atoms with Crippen molar-refractivity contribution in [3.8, 4) is 0 Å². The zero-order valence-electron chi connectivity index (χ0n) is 13.0. The Labute approximate surface area is 114 Å². The second kappa shape index (κ2) is 5.65. The highest BCUT2D eigenvalue weighted by atomic mass is 28.4. The molecule has 0 amide bonds. The summed E-state index contributed by atoms with van der Waals surface area (Å²) in [6, 6.07) is 0. The molecule has 0 spiro atoms. The molecule has 0 atom stereocenters. The van der Waals surface area contributed by atoms with Crippen molar-refractivity contribution in [2.24, 2.45) is 0 Å². The van der Waals surface area contributed by atoms with Crippen LogP contribution >= 0.6 is 0 Å². The van der Waals surface area contributed by atoms with Crippen LogP contribution in [0.3, 0.4) is 0 Å². The standard InChI is InChI=1S/C14H28O2Si2/c1-12(15-17(2,3)4)13-10-8-9-11-14(13)16-18(5,6)7/h11H,8-10H2,1-7H3/b13-12-. The lowest BCUT2D eigenvalue weighted by molar-refractivity contribution is 0.380. The Bertz CT molecular complexity index is 357.